The van der Waals surface area contributed by atoms with Gasteiger partial charge in [0.1, 0.15) is 5.82 Å². The van der Waals surface area contributed by atoms with Gasteiger partial charge in [-0.2, -0.15) is 0 Å². The number of benzene rings is 2. The van der Waals surface area contributed by atoms with Gasteiger partial charge in [0.25, 0.3) is 11.8 Å². The number of fused-ring (bicyclic) bond motifs is 1. The summed E-state index contributed by atoms with van der Waals surface area (Å²) < 4.78 is 30.0. The van der Waals surface area contributed by atoms with Crippen LogP contribution in [0, 0.1) is 5.82 Å². The molecule has 2 atom stereocenters. The van der Waals surface area contributed by atoms with Crippen molar-refractivity contribution in [2.45, 2.75) is 31.6 Å². The van der Waals surface area contributed by atoms with E-state index in [1.165, 1.54) is 18.2 Å². The zero-order valence-electron chi connectivity index (χ0n) is 18.3. The first-order valence-corrected chi connectivity index (χ1v) is 10.8. The molecule has 0 saturated heterocycles. The van der Waals surface area contributed by atoms with Crippen molar-refractivity contribution in [3.8, 4) is 0 Å². The summed E-state index contributed by atoms with van der Waals surface area (Å²) in [6.45, 7) is 3.31. The van der Waals surface area contributed by atoms with Crippen LogP contribution in [0.4, 0.5) is 8.78 Å². The summed E-state index contributed by atoms with van der Waals surface area (Å²) in [5.41, 5.74) is -0.709. The average Bonchev–Trinajstić information content (AvgIpc) is 3.06. The Hall–Kier alpha value is -3.65. The fourth-order valence-electron chi connectivity index (χ4n) is 3.89. The lowest BCUT2D eigenvalue weighted by atomic mass is 9.96. The number of alkyl halides is 1. The van der Waals surface area contributed by atoms with E-state index in [0.717, 1.165) is 12.1 Å². The van der Waals surface area contributed by atoms with Crippen LogP contribution in [-0.2, 0) is 10.3 Å². The van der Waals surface area contributed by atoms with Gasteiger partial charge in [-0.25, -0.2) is 8.78 Å². The number of carbonyl (C=O) groups excluding carboxylic acids is 3. The lowest BCUT2D eigenvalue weighted by Gasteiger charge is -2.33. The summed E-state index contributed by atoms with van der Waals surface area (Å²) in [6.07, 6.45) is -0.687. The number of imide groups is 1. The fraction of sp³-hybridized carbons (Fsp3) is 0.200. The van der Waals surface area contributed by atoms with Crippen LogP contribution in [0.15, 0.2) is 66.9 Å². The highest BCUT2D eigenvalue weighted by molar-refractivity contribution is 6.30. The second-order valence-electron chi connectivity index (χ2n) is 8.38. The minimum absolute atomic E-state index is 0.0590. The van der Waals surface area contributed by atoms with Gasteiger partial charge in [-0.15, -0.1) is 0 Å². The molecule has 6 nitrogen and oxygen atoms in total. The number of nitrogens with one attached hydrogen (secondary N) is 1. The second-order valence-corrected chi connectivity index (χ2v) is 8.78. The van der Waals surface area contributed by atoms with Crippen molar-refractivity contribution < 1.29 is 23.2 Å². The molecule has 0 aliphatic carbocycles. The molecule has 3 amide bonds. The van der Waals surface area contributed by atoms with Crippen LogP contribution >= 0.6 is 11.6 Å². The van der Waals surface area contributed by atoms with E-state index in [1.54, 1.807) is 50.4 Å². The Kier molecular flexibility index (Phi) is 6.18. The van der Waals surface area contributed by atoms with E-state index in [9.17, 15) is 18.8 Å². The van der Waals surface area contributed by atoms with Crippen molar-refractivity contribution in [2.24, 2.45) is 0 Å². The van der Waals surface area contributed by atoms with E-state index in [4.69, 9.17) is 11.6 Å². The number of rotatable bonds is 6. The Balaban J connectivity index is 1.75. The third-order valence-electron chi connectivity index (χ3n) is 5.65. The highest BCUT2D eigenvalue weighted by atomic mass is 35.5. The van der Waals surface area contributed by atoms with Gasteiger partial charge in [0, 0.05) is 6.20 Å². The molecule has 0 radical (unpaired) electrons. The highest BCUT2D eigenvalue weighted by Crippen LogP contribution is 2.34. The predicted molar refractivity (Wildman–Crippen MR) is 121 cm³/mol. The molecule has 0 fully saturated rings. The SMILES string of the molecule is CC(C)(NC(=O)[C@H]([C@@H](F)c1ccc(Cl)c(F)c1)N1C(=O)c2ccccc2C1=O)c1ccccn1. The molecule has 1 aliphatic rings. The topological polar surface area (TPSA) is 79.4 Å². The summed E-state index contributed by atoms with van der Waals surface area (Å²) in [5.74, 6) is -3.45. The van der Waals surface area contributed by atoms with Gasteiger partial charge in [-0.3, -0.25) is 24.3 Å². The van der Waals surface area contributed by atoms with Crippen molar-refractivity contribution in [2.75, 3.05) is 0 Å². The predicted octanol–water partition coefficient (Wildman–Crippen LogP) is 4.60. The number of aromatic nitrogens is 1. The van der Waals surface area contributed by atoms with Gasteiger partial charge in [0.15, 0.2) is 12.2 Å². The molecule has 2 heterocycles. The van der Waals surface area contributed by atoms with E-state index < -0.39 is 41.3 Å². The van der Waals surface area contributed by atoms with Crippen LogP contribution in [0.2, 0.25) is 5.02 Å². The Bertz CT molecular complexity index is 1250. The first kappa shape index (κ1) is 23.5. The van der Waals surface area contributed by atoms with Crippen molar-refractivity contribution in [3.05, 3.63) is 100 Å². The monoisotopic (exact) mass is 483 g/mol. The Morgan fingerprint density at radius 3 is 2.21 bits per heavy atom. The zero-order chi connectivity index (χ0) is 24.6. The average molecular weight is 484 g/mol. The molecule has 4 rings (SSSR count). The maximum absolute atomic E-state index is 15.9. The summed E-state index contributed by atoms with van der Waals surface area (Å²) in [6, 6.07) is 12.4. The van der Waals surface area contributed by atoms with Gasteiger partial charge in [-0.1, -0.05) is 35.9 Å². The number of amides is 3. The standard InChI is InChI=1S/C25H20ClF2N3O3/c1-25(2,19-9-5-6-12-29-19)30-22(32)21(20(28)14-10-11-17(26)18(27)13-14)31-23(33)15-7-3-4-8-16(15)24(31)34/h3-13,20-21H,1-2H3,(H,30,32)/t20-,21-/m0/s1. The lowest BCUT2D eigenvalue weighted by molar-refractivity contribution is -0.129. The molecule has 1 N–H and O–H groups in total. The minimum Gasteiger partial charge on any atom is -0.344 e. The smallest absolute Gasteiger partial charge is 0.262 e. The van der Waals surface area contributed by atoms with E-state index in [0.29, 0.717) is 10.6 Å². The maximum Gasteiger partial charge on any atom is 0.262 e. The molecule has 1 aliphatic heterocycles. The van der Waals surface area contributed by atoms with Crippen LogP contribution < -0.4 is 5.32 Å². The number of hydrogen-bond acceptors (Lipinski definition) is 4. The number of pyridine rings is 1. The van der Waals surface area contributed by atoms with E-state index in [1.807, 2.05) is 0 Å². The molecular weight excluding hydrogens is 464 g/mol. The van der Waals surface area contributed by atoms with Crippen LogP contribution in [0.5, 0.6) is 0 Å². The normalized spacial score (nSPS) is 15.1. The van der Waals surface area contributed by atoms with Crippen LogP contribution in [0.3, 0.4) is 0 Å². The quantitative estimate of drug-likeness (QED) is 0.520. The van der Waals surface area contributed by atoms with Gasteiger partial charge >= 0.3 is 0 Å². The molecule has 34 heavy (non-hydrogen) atoms. The minimum atomic E-state index is -2.23. The number of nitrogens with zero attached hydrogens (tertiary/aromatic N) is 2. The van der Waals surface area contributed by atoms with E-state index in [2.05, 4.69) is 10.3 Å². The molecule has 1 aromatic heterocycles. The second kappa shape index (κ2) is 8.95. The molecule has 174 valence electrons. The van der Waals surface area contributed by atoms with Gasteiger partial charge in [0.2, 0.25) is 5.91 Å². The molecule has 0 saturated carbocycles. The molecule has 0 unspecified atom stereocenters. The Morgan fingerprint density at radius 1 is 1.03 bits per heavy atom. The van der Waals surface area contributed by atoms with Crippen LogP contribution in [0.25, 0.3) is 0 Å². The van der Waals surface area contributed by atoms with Crippen LogP contribution in [-0.4, -0.2) is 33.6 Å². The number of hydrogen-bond donors (Lipinski definition) is 1. The van der Waals surface area contributed by atoms with Crippen molar-refractivity contribution in [3.63, 3.8) is 0 Å². The number of carbonyl (C=O) groups is 3. The first-order chi connectivity index (χ1) is 16.1. The van der Waals surface area contributed by atoms with Crippen molar-refractivity contribution >= 4 is 29.3 Å². The Labute approximate surface area is 199 Å². The first-order valence-electron chi connectivity index (χ1n) is 10.4. The van der Waals surface area contributed by atoms with E-state index in [-0.39, 0.29) is 21.7 Å². The fourth-order valence-corrected chi connectivity index (χ4v) is 4.00. The molecule has 0 bridgehead atoms. The van der Waals surface area contributed by atoms with Crippen molar-refractivity contribution in [1.29, 1.82) is 0 Å². The zero-order valence-corrected chi connectivity index (χ0v) is 19.0. The molecule has 9 heteroatoms. The summed E-state index contributed by atoms with van der Waals surface area (Å²) >= 11 is 5.71. The van der Waals surface area contributed by atoms with Gasteiger partial charge in [0.05, 0.1) is 27.4 Å². The molecule has 0 spiro atoms. The summed E-state index contributed by atoms with van der Waals surface area (Å²) in [5, 5.41) is 2.46. The Morgan fingerprint density at radius 2 is 1.65 bits per heavy atom. The highest BCUT2D eigenvalue weighted by Gasteiger charge is 2.48. The third kappa shape index (κ3) is 4.17. The number of halogens is 3. The third-order valence-corrected chi connectivity index (χ3v) is 5.96. The van der Waals surface area contributed by atoms with Gasteiger partial charge in [-0.05, 0) is 55.8 Å². The molecule has 3 aromatic rings. The maximum atomic E-state index is 15.9. The lowest BCUT2D eigenvalue weighted by Crippen LogP contribution is -2.55. The molecule has 2 aromatic carbocycles. The molecular formula is C25H20ClF2N3O3. The van der Waals surface area contributed by atoms with Crippen molar-refractivity contribution in [1.82, 2.24) is 15.2 Å². The van der Waals surface area contributed by atoms with Gasteiger partial charge < -0.3 is 5.32 Å². The summed E-state index contributed by atoms with van der Waals surface area (Å²) in [4.78, 5) is 44.5. The summed E-state index contributed by atoms with van der Waals surface area (Å²) in [7, 11) is 0. The van der Waals surface area contributed by atoms with E-state index >= 15 is 4.39 Å². The van der Waals surface area contributed by atoms with Crippen LogP contribution in [0.1, 0.15) is 52.0 Å². The largest absolute Gasteiger partial charge is 0.344 e.